The molecule has 0 amide bonds. The third-order valence-electron chi connectivity index (χ3n) is 4.27. The Labute approximate surface area is 144 Å². The largest absolute Gasteiger partial charge is 0.459 e. The lowest BCUT2D eigenvalue weighted by Gasteiger charge is -2.07. The number of nitrogens with one attached hydrogen (secondary N) is 1. The Morgan fingerprint density at radius 3 is 3.00 bits per heavy atom. The third kappa shape index (κ3) is 3.13. The second-order valence-electron chi connectivity index (χ2n) is 6.10. The summed E-state index contributed by atoms with van der Waals surface area (Å²) in [6, 6.07) is 8.46. The van der Waals surface area contributed by atoms with Crippen molar-refractivity contribution in [3.05, 3.63) is 58.0 Å². The van der Waals surface area contributed by atoms with E-state index in [2.05, 4.69) is 33.2 Å². The normalized spacial score (nSPS) is 14.9. The van der Waals surface area contributed by atoms with Crippen LogP contribution in [-0.2, 0) is 13.0 Å². The molecule has 3 N–H and O–H groups in total. The molecule has 0 spiro atoms. The van der Waals surface area contributed by atoms with E-state index in [0.29, 0.717) is 24.3 Å². The molecule has 0 unspecified atom stereocenters. The number of nitrogens with two attached hydrogens (primary N) is 1. The SMILES string of the molecule is Nc1nc2nc3c1[nH]c(=O)n3Cc1cccc(c1)CCCC=CCO2. The Hall–Kier alpha value is -3.09. The van der Waals surface area contributed by atoms with Crippen LogP contribution in [0.5, 0.6) is 6.01 Å². The van der Waals surface area contributed by atoms with Crippen molar-refractivity contribution in [3.8, 4) is 6.01 Å². The molecule has 128 valence electrons. The number of anilines is 1. The monoisotopic (exact) mass is 337 g/mol. The fourth-order valence-electron chi connectivity index (χ4n) is 3.04. The topological polar surface area (TPSA) is 98.8 Å². The van der Waals surface area contributed by atoms with Crippen molar-refractivity contribution >= 4 is 17.0 Å². The highest BCUT2D eigenvalue weighted by Gasteiger charge is 2.15. The third-order valence-corrected chi connectivity index (χ3v) is 4.27. The first kappa shape index (κ1) is 15.4. The van der Waals surface area contributed by atoms with Crippen LogP contribution in [0.4, 0.5) is 5.82 Å². The van der Waals surface area contributed by atoms with Crippen molar-refractivity contribution in [2.24, 2.45) is 0 Å². The summed E-state index contributed by atoms with van der Waals surface area (Å²) in [5, 5.41) is 0. The molecule has 3 aromatic rings. The minimum absolute atomic E-state index is 0.172. The van der Waals surface area contributed by atoms with E-state index in [9.17, 15) is 4.79 Å². The molecule has 0 aliphatic carbocycles. The number of fused-ring (bicyclic) bond motifs is 3. The molecule has 1 aromatic carbocycles. The number of aryl methyl sites for hydroxylation is 1. The van der Waals surface area contributed by atoms with Gasteiger partial charge in [0, 0.05) is 0 Å². The summed E-state index contributed by atoms with van der Waals surface area (Å²) < 4.78 is 7.13. The van der Waals surface area contributed by atoms with E-state index >= 15 is 0 Å². The highest BCUT2D eigenvalue weighted by molar-refractivity contribution is 5.81. The Morgan fingerprint density at radius 1 is 1.20 bits per heavy atom. The quantitative estimate of drug-likeness (QED) is 0.612. The van der Waals surface area contributed by atoms with Crippen molar-refractivity contribution in [3.63, 3.8) is 0 Å². The number of nitrogen functional groups attached to an aromatic ring is 1. The second kappa shape index (κ2) is 6.43. The molecular weight excluding hydrogens is 318 g/mol. The van der Waals surface area contributed by atoms with E-state index in [1.54, 1.807) is 4.57 Å². The highest BCUT2D eigenvalue weighted by atomic mass is 16.5. The van der Waals surface area contributed by atoms with Gasteiger partial charge in [0.2, 0.25) is 0 Å². The van der Waals surface area contributed by atoms with Crippen molar-refractivity contribution in [2.45, 2.75) is 25.8 Å². The number of hydrogen-bond acceptors (Lipinski definition) is 5. The Balaban J connectivity index is 1.85. The van der Waals surface area contributed by atoms with Crippen LogP contribution in [0.15, 0.2) is 41.2 Å². The maximum absolute atomic E-state index is 12.4. The number of aromatic nitrogens is 4. The van der Waals surface area contributed by atoms with Gasteiger partial charge in [-0.15, -0.1) is 0 Å². The van der Waals surface area contributed by atoms with Crippen LogP contribution in [0.1, 0.15) is 24.0 Å². The van der Waals surface area contributed by atoms with Crippen LogP contribution in [0.3, 0.4) is 0 Å². The number of H-pyrrole nitrogens is 1. The zero-order valence-corrected chi connectivity index (χ0v) is 13.7. The van der Waals surface area contributed by atoms with Crippen molar-refractivity contribution in [2.75, 3.05) is 12.3 Å². The van der Waals surface area contributed by atoms with Gasteiger partial charge in [0.15, 0.2) is 11.5 Å². The number of rotatable bonds is 0. The molecule has 0 radical (unpaired) electrons. The maximum atomic E-state index is 12.4. The minimum Gasteiger partial charge on any atom is -0.459 e. The fourth-order valence-corrected chi connectivity index (χ4v) is 3.04. The number of allylic oxidation sites excluding steroid dienone is 1. The van der Waals surface area contributed by atoms with Gasteiger partial charge in [0.25, 0.3) is 0 Å². The summed E-state index contributed by atoms with van der Waals surface area (Å²) in [5.74, 6) is 0.206. The van der Waals surface area contributed by atoms with E-state index in [-0.39, 0.29) is 17.5 Å². The maximum Gasteiger partial charge on any atom is 0.328 e. The zero-order valence-electron chi connectivity index (χ0n) is 13.7. The van der Waals surface area contributed by atoms with Crippen LogP contribution >= 0.6 is 0 Å². The summed E-state index contributed by atoms with van der Waals surface area (Å²) in [6.07, 6.45) is 7.08. The Morgan fingerprint density at radius 2 is 2.08 bits per heavy atom. The van der Waals surface area contributed by atoms with Crippen LogP contribution in [-0.4, -0.2) is 26.1 Å². The lowest BCUT2D eigenvalue weighted by Crippen LogP contribution is -2.18. The zero-order chi connectivity index (χ0) is 17.2. The van der Waals surface area contributed by atoms with Gasteiger partial charge in [-0.1, -0.05) is 36.4 Å². The number of ether oxygens (including phenoxy) is 1. The minimum atomic E-state index is -0.261. The van der Waals surface area contributed by atoms with E-state index in [4.69, 9.17) is 10.5 Å². The van der Waals surface area contributed by atoms with Gasteiger partial charge in [-0.3, -0.25) is 4.57 Å². The van der Waals surface area contributed by atoms with Crippen LogP contribution in [0.25, 0.3) is 11.2 Å². The first-order chi connectivity index (χ1) is 12.2. The first-order valence-electron chi connectivity index (χ1n) is 8.32. The molecule has 1 aliphatic heterocycles. The lowest BCUT2D eigenvalue weighted by molar-refractivity contribution is 0.334. The van der Waals surface area contributed by atoms with Gasteiger partial charge in [-0.25, -0.2) is 4.79 Å². The summed E-state index contributed by atoms with van der Waals surface area (Å²) in [6.45, 7) is 0.786. The first-order valence-corrected chi connectivity index (χ1v) is 8.32. The molecule has 3 heterocycles. The summed E-state index contributed by atoms with van der Waals surface area (Å²) in [4.78, 5) is 23.6. The Bertz CT molecular complexity index is 1000. The molecular formula is C18H19N5O2. The van der Waals surface area contributed by atoms with Crippen LogP contribution in [0, 0.1) is 0 Å². The smallest absolute Gasteiger partial charge is 0.328 e. The molecule has 7 heteroatoms. The molecule has 2 aromatic heterocycles. The summed E-state index contributed by atoms with van der Waals surface area (Å²) in [5.41, 5.74) is 8.91. The standard InChI is InChI=1S/C18H19N5O2/c19-15-14-16-22-17(21-15)25-9-4-2-1-3-6-12-7-5-8-13(10-12)11-23(16)18(24)20-14/h2,4-5,7-8,10H,1,3,6,9,11H2,(H,20,24)(H2,19,21,22). The van der Waals surface area contributed by atoms with Gasteiger partial charge in [0.05, 0.1) is 6.54 Å². The number of hydrogen-bond donors (Lipinski definition) is 2. The average Bonchev–Trinajstić information content (AvgIpc) is 2.90. The molecule has 0 saturated heterocycles. The van der Waals surface area contributed by atoms with Gasteiger partial charge in [0.1, 0.15) is 12.1 Å². The number of aromatic amines is 1. The van der Waals surface area contributed by atoms with Gasteiger partial charge >= 0.3 is 11.7 Å². The van der Waals surface area contributed by atoms with Crippen LogP contribution < -0.4 is 16.2 Å². The molecule has 7 nitrogen and oxygen atoms in total. The predicted octanol–water partition coefficient (Wildman–Crippen LogP) is 2.02. The highest BCUT2D eigenvalue weighted by Crippen LogP contribution is 2.19. The molecule has 1 aliphatic rings. The predicted molar refractivity (Wildman–Crippen MR) is 95.7 cm³/mol. The van der Waals surface area contributed by atoms with Gasteiger partial charge < -0.3 is 15.5 Å². The van der Waals surface area contributed by atoms with Crippen LogP contribution in [0.2, 0.25) is 0 Å². The number of nitrogens with zero attached hydrogens (tertiary/aromatic N) is 3. The molecule has 0 saturated carbocycles. The number of benzene rings is 1. The van der Waals surface area contributed by atoms with E-state index < -0.39 is 0 Å². The van der Waals surface area contributed by atoms with E-state index in [0.717, 1.165) is 24.8 Å². The van der Waals surface area contributed by atoms with Crippen molar-refractivity contribution in [1.29, 1.82) is 0 Å². The van der Waals surface area contributed by atoms with Crippen molar-refractivity contribution < 1.29 is 4.74 Å². The van der Waals surface area contributed by atoms with E-state index in [1.165, 1.54) is 5.56 Å². The molecule has 4 rings (SSSR count). The Kier molecular flexibility index (Phi) is 3.97. The fraction of sp³-hybridized carbons (Fsp3) is 0.278. The molecule has 4 bridgehead atoms. The van der Waals surface area contributed by atoms with Gasteiger partial charge in [-0.05, 0) is 30.4 Å². The summed E-state index contributed by atoms with van der Waals surface area (Å²) >= 11 is 0. The second-order valence-corrected chi connectivity index (χ2v) is 6.10. The summed E-state index contributed by atoms with van der Waals surface area (Å²) in [7, 11) is 0. The lowest BCUT2D eigenvalue weighted by atomic mass is 10.0. The average molecular weight is 337 g/mol. The van der Waals surface area contributed by atoms with Gasteiger partial charge in [-0.2, -0.15) is 9.97 Å². The van der Waals surface area contributed by atoms with Crippen molar-refractivity contribution in [1.82, 2.24) is 19.5 Å². The molecule has 0 fully saturated rings. The molecule has 25 heavy (non-hydrogen) atoms. The number of imidazole rings is 1. The molecule has 0 atom stereocenters. The van der Waals surface area contributed by atoms with E-state index in [1.807, 2.05) is 18.2 Å².